The summed E-state index contributed by atoms with van der Waals surface area (Å²) >= 11 is 13.8. The molecule has 2 rings (SSSR count). The van der Waals surface area contributed by atoms with Crippen molar-refractivity contribution in [3.63, 3.8) is 0 Å². The van der Waals surface area contributed by atoms with Crippen molar-refractivity contribution in [2.75, 3.05) is 13.1 Å². The van der Waals surface area contributed by atoms with Crippen LogP contribution in [0.15, 0.2) is 18.2 Å². The topological polar surface area (TPSA) is 37.8 Å². The molecular formula is C13H15Cl2N3S. The summed E-state index contributed by atoms with van der Waals surface area (Å²) in [4.78, 5) is 0. The van der Waals surface area contributed by atoms with Crippen molar-refractivity contribution in [3.05, 3.63) is 33.3 Å². The van der Waals surface area contributed by atoms with Crippen molar-refractivity contribution >= 4 is 34.5 Å². The van der Waals surface area contributed by atoms with Crippen LogP contribution in [-0.4, -0.2) is 23.3 Å². The Kier molecular flexibility index (Phi) is 5.58. The van der Waals surface area contributed by atoms with Gasteiger partial charge in [0.15, 0.2) is 0 Å². The molecule has 0 aliphatic rings. The molecule has 0 atom stereocenters. The average Bonchev–Trinajstić information content (AvgIpc) is 2.87. The summed E-state index contributed by atoms with van der Waals surface area (Å²) in [6.07, 6.45) is 1.99. The molecule has 0 radical (unpaired) electrons. The van der Waals surface area contributed by atoms with Crippen LogP contribution in [0.25, 0.3) is 10.6 Å². The van der Waals surface area contributed by atoms with Gasteiger partial charge in [-0.15, -0.1) is 10.2 Å². The van der Waals surface area contributed by atoms with Gasteiger partial charge in [0.25, 0.3) is 0 Å². The molecule has 0 unspecified atom stereocenters. The number of nitrogens with one attached hydrogen (secondary N) is 1. The van der Waals surface area contributed by atoms with Crippen molar-refractivity contribution in [2.24, 2.45) is 0 Å². The molecular weight excluding hydrogens is 301 g/mol. The van der Waals surface area contributed by atoms with Crippen LogP contribution in [0.2, 0.25) is 10.0 Å². The van der Waals surface area contributed by atoms with E-state index < -0.39 is 0 Å². The molecule has 6 heteroatoms. The van der Waals surface area contributed by atoms with Crippen LogP contribution in [0, 0.1) is 0 Å². The fraction of sp³-hybridized carbons (Fsp3) is 0.385. The number of hydrogen-bond donors (Lipinski definition) is 1. The molecule has 102 valence electrons. The lowest BCUT2D eigenvalue weighted by molar-refractivity contribution is 0.669. The monoisotopic (exact) mass is 315 g/mol. The fourth-order valence-electron chi connectivity index (χ4n) is 1.67. The summed E-state index contributed by atoms with van der Waals surface area (Å²) in [5.74, 6) is 0. The van der Waals surface area contributed by atoms with Crippen molar-refractivity contribution in [1.29, 1.82) is 0 Å². The minimum absolute atomic E-state index is 0.541. The minimum atomic E-state index is 0.541. The molecule has 1 aromatic heterocycles. The largest absolute Gasteiger partial charge is 0.317 e. The Morgan fingerprint density at radius 3 is 2.89 bits per heavy atom. The molecule has 0 amide bonds. The first-order chi connectivity index (χ1) is 9.22. The molecule has 0 aliphatic carbocycles. The van der Waals surface area contributed by atoms with Crippen LogP contribution in [0.4, 0.5) is 0 Å². The third-order valence-electron chi connectivity index (χ3n) is 2.64. The highest BCUT2D eigenvalue weighted by molar-refractivity contribution is 7.14. The SMILES string of the molecule is CCNCCCc1nnc(-c2cccc(Cl)c2Cl)s1. The highest BCUT2D eigenvalue weighted by atomic mass is 35.5. The van der Waals surface area contributed by atoms with Crippen molar-refractivity contribution in [2.45, 2.75) is 19.8 Å². The Morgan fingerprint density at radius 1 is 1.26 bits per heavy atom. The summed E-state index contributed by atoms with van der Waals surface area (Å²) in [6, 6.07) is 5.55. The minimum Gasteiger partial charge on any atom is -0.317 e. The highest BCUT2D eigenvalue weighted by Crippen LogP contribution is 2.34. The van der Waals surface area contributed by atoms with Gasteiger partial charge < -0.3 is 5.32 Å². The van der Waals surface area contributed by atoms with Gasteiger partial charge in [-0.3, -0.25) is 0 Å². The number of halogens is 2. The molecule has 0 saturated carbocycles. The summed E-state index contributed by atoms with van der Waals surface area (Å²) in [5.41, 5.74) is 0.851. The van der Waals surface area contributed by atoms with Crippen molar-refractivity contribution < 1.29 is 0 Å². The smallest absolute Gasteiger partial charge is 0.149 e. The molecule has 0 saturated heterocycles. The Bertz CT molecular complexity index is 542. The molecule has 3 nitrogen and oxygen atoms in total. The third kappa shape index (κ3) is 3.89. The van der Waals surface area contributed by atoms with E-state index in [1.165, 1.54) is 0 Å². The Labute approximate surface area is 127 Å². The van der Waals surface area contributed by atoms with E-state index in [4.69, 9.17) is 23.2 Å². The molecule has 0 aliphatic heterocycles. The maximum absolute atomic E-state index is 6.18. The molecule has 1 aromatic carbocycles. The van der Waals surface area contributed by atoms with Gasteiger partial charge in [-0.2, -0.15) is 0 Å². The van der Waals surface area contributed by atoms with Gasteiger partial charge in [-0.05, 0) is 25.6 Å². The number of benzene rings is 1. The molecule has 0 bridgehead atoms. The van der Waals surface area contributed by atoms with Gasteiger partial charge >= 0.3 is 0 Å². The zero-order valence-electron chi connectivity index (χ0n) is 10.6. The van der Waals surface area contributed by atoms with Gasteiger partial charge in [-0.1, -0.05) is 53.6 Å². The maximum atomic E-state index is 6.18. The lowest BCUT2D eigenvalue weighted by Gasteiger charge is -2.00. The molecule has 0 spiro atoms. The summed E-state index contributed by atoms with van der Waals surface area (Å²) in [7, 11) is 0. The van der Waals surface area contributed by atoms with Crippen LogP contribution < -0.4 is 5.32 Å². The van der Waals surface area contributed by atoms with E-state index in [-0.39, 0.29) is 0 Å². The second-order valence-electron chi connectivity index (χ2n) is 4.06. The molecule has 2 aromatic rings. The summed E-state index contributed by atoms with van der Waals surface area (Å²) < 4.78 is 0. The van der Waals surface area contributed by atoms with Crippen molar-refractivity contribution in [3.8, 4) is 10.6 Å². The average molecular weight is 316 g/mol. The van der Waals surface area contributed by atoms with Gasteiger partial charge in [0.2, 0.25) is 0 Å². The van der Waals surface area contributed by atoms with Gasteiger partial charge in [0.05, 0.1) is 10.0 Å². The van der Waals surface area contributed by atoms with E-state index in [1.54, 1.807) is 17.4 Å². The number of rotatable bonds is 6. The standard InChI is InChI=1S/C13H15Cl2N3S/c1-2-16-8-4-7-11-17-18-13(19-11)9-5-3-6-10(14)12(9)15/h3,5-6,16H,2,4,7-8H2,1H3. The molecule has 1 heterocycles. The second-order valence-corrected chi connectivity index (χ2v) is 5.91. The van der Waals surface area contributed by atoms with E-state index in [0.29, 0.717) is 10.0 Å². The first-order valence-corrected chi connectivity index (χ1v) is 7.77. The Morgan fingerprint density at radius 2 is 2.11 bits per heavy atom. The zero-order chi connectivity index (χ0) is 13.7. The van der Waals surface area contributed by atoms with E-state index in [2.05, 4.69) is 22.4 Å². The molecule has 19 heavy (non-hydrogen) atoms. The number of nitrogens with zero attached hydrogens (tertiary/aromatic N) is 2. The molecule has 1 N–H and O–H groups in total. The van der Waals surface area contributed by atoms with Crippen molar-refractivity contribution in [1.82, 2.24) is 15.5 Å². The number of aryl methyl sites for hydroxylation is 1. The maximum Gasteiger partial charge on any atom is 0.149 e. The summed E-state index contributed by atoms with van der Waals surface area (Å²) in [5, 5.41) is 14.6. The Hall–Kier alpha value is -0.680. The first-order valence-electron chi connectivity index (χ1n) is 6.20. The number of aromatic nitrogens is 2. The number of hydrogen-bond acceptors (Lipinski definition) is 4. The molecule has 0 fully saturated rings. The van der Waals surface area contributed by atoms with Crippen LogP contribution in [0.3, 0.4) is 0 Å². The van der Waals surface area contributed by atoms with E-state index in [0.717, 1.165) is 41.5 Å². The zero-order valence-corrected chi connectivity index (χ0v) is 12.9. The van der Waals surface area contributed by atoms with E-state index in [9.17, 15) is 0 Å². The third-order valence-corrected chi connectivity index (χ3v) is 4.48. The summed E-state index contributed by atoms with van der Waals surface area (Å²) in [6.45, 7) is 4.10. The predicted molar refractivity (Wildman–Crippen MR) is 82.2 cm³/mol. The second kappa shape index (κ2) is 7.20. The van der Waals surface area contributed by atoms with Gasteiger partial charge in [0.1, 0.15) is 10.0 Å². The fourth-order valence-corrected chi connectivity index (χ4v) is 3.03. The lowest BCUT2D eigenvalue weighted by atomic mass is 10.2. The van der Waals surface area contributed by atoms with E-state index >= 15 is 0 Å². The van der Waals surface area contributed by atoms with Gasteiger partial charge in [0, 0.05) is 12.0 Å². The quantitative estimate of drug-likeness (QED) is 0.817. The van der Waals surface area contributed by atoms with Crippen LogP contribution >= 0.6 is 34.5 Å². The Balaban J connectivity index is 2.06. The predicted octanol–water partition coefficient (Wildman–Crippen LogP) is 4.05. The first kappa shape index (κ1) is 14.7. The lowest BCUT2D eigenvalue weighted by Crippen LogP contribution is -2.14. The van der Waals surface area contributed by atoms with Crippen LogP contribution in [0.5, 0.6) is 0 Å². The van der Waals surface area contributed by atoms with Crippen LogP contribution in [0.1, 0.15) is 18.4 Å². The van der Waals surface area contributed by atoms with Crippen LogP contribution in [-0.2, 0) is 6.42 Å². The van der Waals surface area contributed by atoms with Gasteiger partial charge in [-0.25, -0.2) is 0 Å². The normalized spacial score (nSPS) is 10.9. The highest BCUT2D eigenvalue weighted by Gasteiger charge is 2.11. The van der Waals surface area contributed by atoms with E-state index in [1.807, 2.05) is 12.1 Å².